The molecule has 2 aromatic carbocycles. The number of hydrogen-bond donors (Lipinski definition) is 1. The largest absolute Gasteiger partial charge is 0.507 e. The molecule has 0 unspecified atom stereocenters. The van der Waals surface area contributed by atoms with E-state index >= 15 is 0 Å². The number of rotatable bonds is 1. The van der Waals surface area contributed by atoms with Crippen molar-refractivity contribution in [2.45, 2.75) is 63.9 Å². The molecule has 3 heterocycles. The number of nitrogens with zero attached hydrogens (tertiary/aromatic N) is 1. The molecule has 37 heavy (non-hydrogen) atoms. The lowest BCUT2D eigenvalue weighted by atomic mass is 9.83. The average molecular weight is 500 g/mol. The first-order valence-corrected chi connectivity index (χ1v) is 12.7. The van der Waals surface area contributed by atoms with Gasteiger partial charge >= 0.3 is 11.9 Å². The Labute approximate surface area is 215 Å². The van der Waals surface area contributed by atoms with Gasteiger partial charge in [0.25, 0.3) is 0 Å². The molecule has 0 spiro atoms. The van der Waals surface area contributed by atoms with Crippen LogP contribution in [0.3, 0.4) is 0 Å². The van der Waals surface area contributed by atoms with Crippen LogP contribution >= 0.6 is 0 Å². The van der Waals surface area contributed by atoms with E-state index in [4.69, 9.17) is 9.47 Å². The van der Waals surface area contributed by atoms with Crippen molar-refractivity contribution in [1.29, 1.82) is 0 Å². The first-order chi connectivity index (χ1) is 17.9. The molecule has 0 radical (unpaired) electrons. The summed E-state index contributed by atoms with van der Waals surface area (Å²) in [5.41, 5.74) is 2.50. The summed E-state index contributed by atoms with van der Waals surface area (Å²) in [7, 11) is 0. The quantitative estimate of drug-likeness (QED) is 0.330. The van der Waals surface area contributed by atoms with Crippen LogP contribution in [0.4, 0.5) is 0 Å². The van der Waals surface area contributed by atoms with E-state index < -0.39 is 24.0 Å². The van der Waals surface area contributed by atoms with E-state index in [0.717, 1.165) is 16.5 Å². The maximum absolute atomic E-state index is 13.3. The highest BCUT2D eigenvalue weighted by Gasteiger charge is 2.35. The van der Waals surface area contributed by atoms with Crippen LogP contribution in [0, 0.1) is 0 Å². The maximum Gasteiger partial charge on any atom is 0.342 e. The van der Waals surface area contributed by atoms with E-state index in [-0.39, 0.29) is 29.3 Å². The number of carbonyl (C=O) groups is 3. The number of Topliss-reactive ketones (excluding diaryl/α,β-unsaturated/α-hetero) is 1. The van der Waals surface area contributed by atoms with E-state index in [1.807, 2.05) is 36.4 Å². The smallest absolute Gasteiger partial charge is 0.342 e. The van der Waals surface area contributed by atoms with Gasteiger partial charge in [-0.05, 0) is 68.0 Å². The van der Waals surface area contributed by atoms with E-state index in [0.29, 0.717) is 49.7 Å². The van der Waals surface area contributed by atoms with Gasteiger partial charge in [0, 0.05) is 35.9 Å². The molecule has 0 saturated carbocycles. The molecule has 5 rings (SSSR count). The van der Waals surface area contributed by atoms with Crippen LogP contribution in [0.1, 0.15) is 84.8 Å². The normalized spacial score (nSPS) is 21.8. The van der Waals surface area contributed by atoms with Crippen LogP contribution in [0.5, 0.6) is 11.5 Å². The molecule has 2 aliphatic heterocycles. The summed E-state index contributed by atoms with van der Waals surface area (Å²) < 4.78 is 11.2. The predicted octanol–water partition coefficient (Wildman–Crippen LogP) is 5.86. The number of pyridine rings is 1. The number of phenols is 1. The Kier molecular flexibility index (Phi) is 7.04. The molecule has 2 aliphatic rings. The molecular weight excluding hydrogens is 470 g/mol. The Bertz CT molecular complexity index is 1410. The second kappa shape index (κ2) is 10.5. The summed E-state index contributed by atoms with van der Waals surface area (Å²) in [6, 6.07) is 11.1. The van der Waals surface area contributed by atoms with E-state index in [1.54, 1.807) is 25.3 Å². The summed E-state index contributed by atoms with van der Waals surface area (Å²) in [6.07, 6.45) is 8.41. The van der Waals surface area contributed by atoms with E-state index in [9.17, 15) is 19.5 Å². The Morgan fingerprint density at radius 2 is 1.89 bits per heavy atom. The van der Waals surface area contributed by atoms with Gasteiger partial charge in [-0.3, -0.25) is 14.6 Å². The number of hydrogen-bond acceptors (Lipinski definition) is 7. The van der Waals surface area contributed by atoms with Crippen molar-refractivity contribution >= 4 is 34.7 Å². The van der Waals surface area contributed by atoms with Gasteiger partial charge in [0.05, 0.1) is 18.0 Å². The van der Waals surface area contributed by atoms with Gasteiger partial charge in [-0.25, -0.2) is 4.79 Å². The molecular formula is C30H29NO6. The van der Waals surface area contributed by atoms with Crippen molar-refractivity contribution < 1.29 is 29.0 Å². The van der Waals surface area contributed by atoms with Gasteiger partial charge in [-0.15, -0.1) is 0 Å². The number of benzene rings is 2. The fraction of sp³-hybridized carbons (Fsp3) is 0.333. The Morgan fingerprint density at radius 3 is 2.76 bits per heavy atom. The molecule has 3 aromatic rings. The van der Waals surface area contributed by atoms with Gasteiger partial charge in [0.2, 0.25) is 0 Å². The fourth-order valence-electron chi connectivity index (χ4n) is 5.11. The lowest BCUT2D eigenvalue weighted by Gasteiger charge is -2.28. The lowest BCUT2D eigenvalue weighted by molar-refractivity contribution is -0.135. The van der Waals surface area contributed by atoms with Crippen molar-refractivity contribution in [3.05, 3.63) is 70.9 Å². The number of carbonyl (C=O) groups excluding carboxylic acids is 3. The zero-order valence-electron chi connectivity index (χ0n) is 20.7. The third-order valence-electron chi connectivity index (χ3n) is 7.01. The van der Waals surface area contributed by atoms with Crippen molar-refractivity contribution in [3.8, 4) is 11.5 Å². The van der Waals surface area contributed by atoms with Gasteiger partial charge in [0.1, 0.15) is 22.8 Å². The van der Waals surface area contributed by atoms with Crippen LogP contribution < -0.4 is 4.74 Å². The second-order valence-electron chi connectivity index (χ2n) is 9.73. The van der Waals surface area contributed by atoms with E-state index in [2.05, 4.69) is 4.98 Å². The van der Waals surface area contributed by atoms with Crippen molar-refractivity contribution in [3.63, 3.8) is 0 Å². The summed E-state index contributed by atoms with van der Waals surface area (Å²) in [5, 5.41) is 12.4. The predicted molar refractivity (Wildman–Crippen MR) is 139 cm³/mol. The molecule has 0 saturated heterocycles. The van der Waals surface area contributed by atoms with Crippen molar-refractivity contribution in [1.82, 2.24) is 4.98 Å². The first-order valence-electron chi connectivity index (χ1n) is 12.7. The van der Waals surface area contributed by atoms with Crippen molar-refractivity contribution in [2.24, 2.45) is 0 Å². The molecule has 1 aromatic heterocycles. The Morgan fingerprint density at radius 1 is 1.05 bits per heavy atom. The minimum atomic E-state index is -0.644. The molecule has 190 valence electrons. The molecule has 0 bridgehead atoms. The number of cyclic esters (lactones) is 1. The van der Waals surface area contributed by atoms with Crippen LogP contribution in [0.25, 0.3) is 17.0 Å². The number of ketones is 1. The number of allylic oxidation sites excluding steroid dienone is 1. The monoisotopic (exact) mass is 499 g/mol. The summed E-state index contributed by atoms with van der Waals surface area (Å²) in [6.45, 7) is 1.78. The summed E-state index contributed by atoms with van der Waals surface area (Å²) in [5.74, 6) is -1.36. The minimum absolute atomic E-state index is 0.0282. The van der Waals surface area contributed by atoms with Crippen LogP contribution in [-0.4, -0.2) is 33.9 Å². The van der Waals surface area contributed by atoms with Gasteiger partial charge in [-0.2, -0.15) is 0 Å². The molecule has 2 atom stereocenters. The minimum Gasteiger partial charge on any atom is -0.507 e. The Balaban J connectivity index is 1.61. The zero-order chi connectivity index (χ0) is 25.9. The van der Waals surface area contributed by atoms with Crippen LogP contribution in [0.2, 0.25) is 0 Å². The highest BCUT2D eigenvalue weighted by atomic mass is 16.5. The van der Waals surface area contributed by atoms with Gasteiger partial charge in [0.15, 0.2) is 0 Å². The van der Waals surface area contributed by atoms with E-state index in [1.165, 1.54) is 0 Å². The average Bonchev–Trinajstić information content (AvgIpc) is 2.87. The molecule has 7 heteroatoms. The lowest BCUT2D eigenvalue weighted by Crippen LogP contribution is -2.23. The first kappa shape index (κ1) is 24.7. The zero-order valence-corrected chi connectivity index (χ0v) is 20.7. The number of fused-ring (bicyclic) bond motifs is 3. The number of ether oxygens (including phenoxy) is 2. The molecule has 0 fully saturated rings. The fourth-order valence-corrected chi connectivity index (χ4v) is 5.11. The number of esters is 2. The maximum atomic E-state index is 13.3. The number of aromatic nitrogens is 1. The molecule has 7 nitrogen and oxygen atoms in total. The highest BCUT2D eigenvalue weighted by Crippen LogP contribution is 2.47. The van der Waals surface area contributed by atoms with Crippen molar-refractivity contribution in [2.75, 3.05) is 0 Å². The van der Waals surface area contributed by atoms with Gasteiger partial charge in [-0.1, -0.05) is 24.3 Å². The molecule has 1 N–H and O–H groups in total. The summed E-state index contributed by atoms with van der Waals surface area (Å²) in [4.78, 5) is 42.4. The topological polar surface area (TPSA) is 103 Å². The van der Waals surface area contributed by atoms with Crippen LogP contribution in [-0.2, 0) is 14.3 Å². The highest BCUT2D eigenvalue weighted by molar-refractivity contribution is 5.98. The second-order valence-corrected chi connectivity index (χ2v) is 9.73. The number of aromatic hydroxyl groups is 1. The molecule has 0 amide bonds. The molecule has 0 aliphatic carbocycles. The van der Waals surface area contributed by atoms with Crippen LogP contribution in [0.15, 0.2) is 48.7 Å². The number of phenolic OH excluding ortho intramolecular Hbond substituents is 1. The Hall–Kier alpha value is -4.00. The standard InChI is InChI=1S/C30H29NO6/c1-18-7-5-11-22(32)10-4-2-3-8-21-16-25-28(29(34)27(21)30(35)36-18)23(17-26(33)37-25)19-12-13-24-20(15-19)9-6-14-31-24/h3,6,8-9,12-16,18,23,34H,2,4-5,7,10-11,17H2,1H3/b8-3+/t18-,23+/m1/s1. The SMILES string of the molecule is C[C@@H]1CCCC(=O)CCC/C=C/c2cc3c(c(O)c2C(=O)O1)[C@H](c1ccc2ncccc2c1)CC(=O)O3. The third kappa shape index (κ3) is 5.26. The van der Waals surface area contributed by atoms with Gasteiger partial charge < -0.3 is 14.6 Å². The third-order valence-corrected chi connectivity index (χ3v) is 7.01. The summed E-state index contributed by atoms with van der Waals surface area (Å²) >= 11 is 0.